The fourth-order valence-corrected chi connectivity index (χ4v) is 2.70. The normalized spacial score (nSPS) is 16.3. The maximum Gasteiger partial charge on any atom is 0.317 e. The predicted molar refractivity (Wildman–Crippen MR) is 75.2 cm³/mol. The molecule has 0 unspecified atom stereocenters. The van der Waals surface area contributed by atoms with Crippen LogP contribution in [0, 0.1) is 0 Å². The number of hydrogen-bond acceptors (Lipinski definition) is 5. The Morgan fingerprint density at radius 2 is 2.37 bits per heavy atom. The molecular formula is C12H20N4O2S. The van der Waals surface area contributed by atoms with Crippen molar-refractivity contribution in [2.75, 3.05) is 32.5 Å². The third-order valence-corrected chi connectivity index (χ3v) is 4.01. The van der Waals surface area contributed by atoms with Gasteiger partial charge in [-0.25, -0.2) is 9.78 Å². The molecule has 1 aliphatic rings. The molecule has 1 aliphatic heterocycles. The molecule has 1 aromatic rings. The van der Waals surface area contributed by atoms with Crippen molar-refractivity contribution in [1.82, 2.24) is 15.2 Å². The number of thiazole rings is 1. The maximum atomic E-state index is 12.0. The van der Waals surface area contributed by atoms with Crippen LogP contribution in [0.25, 0.3) is 0 Å². The Kier molecular flexibility index (Phi) is 4.98. The van der Waals surface area contributed by atoms with Crippen molar-refractivity contribution in [3.05, 3.63) is 11.1 Å². The van der Waals surface area contributed by atoms with E-state index in [1.807, 2.05) is 12.4 Å². The molecule has 0 aliphatic carbocycles. The van der Waals surface area contributed by atoms with Gasteiger partial charge in [0.05, 0.1) is 5.69 Å². The number of ether oxygens (including phenoxy) is 1. The number of nitrogens with two attached hydrogens (primary N) is 1. The number of urea groups is 1. The van der Waals surface area contributed by atoms with Crippen molar-refractivity contribution in [2.45, 2.75) is 25.3 Å². The largest absolute Gasteiger partial charge is 0.381 e. The highest BCUT2D eigenvalue weighted by Crippen LogP contribution is 2.13. The van der Waals surface area contributed by atoms with E-state index in [0.717, 1.165) is 31.7 Å². The third kappa shape index (κ3) is 4.07. The van der Waals surface area contributed by atoms with Gasteiger partial charge in [-0.1, -0.05) is 0 Å². The fourth-order valence-electron chi connectivity index (χ4n) is 2.10. The Balaban J connectivity index is 1.71. The number of nitrogen functional groups attached to an aromatic ring is 1. The first-order chi connectivity index (χ1) is 9.16. The van der Waals surface area contributed by atoms with Crippen LogP contribution < -0.4 is 11.1 Å². The van der Waals surface area contributed by atoms with E-state index in [0.29, 0.717) is 18.1 Å². The van der Waals surface area contributed by atoms with Crippen LogP contribution in [0.15, 0.2) is 5.38 Å². The highest BCUT2D eigenvalue weighted by molar-refractivity contribution is 7.13. The molecular weight excluding hydrogens is 264 g/mol. The predicted octanol–water partition coefficient (Wildman–Crippen LogP) is 1.09. The van der Waals surface area contributed by atoms with Crippen molar-refractivity contribution in [3.63, 3.8) is 0 Å². The lowest BCUT2D eigenvalue weighted by atomic mass is 10.1. The molecule has 2 rings (SSSR count). The summed E-state index contributed by atoms with van der Waals surface area (Å²) in [5.74, 6) is 0. The van der Waals surface area contributed by atoms with Gasteiger partial charge in [-0.2, -0.15) is 0 Å². The van der Waals surface area contributed by atoms with Crippen LogP contribution in [0.1, 0.15) is 18.5 Å². The van der Waals surface area contributed by atoms with Crippen molar-refractivity contribution < 1.29 is 9.53 Å². The van der Waals surface area contributed by atoms with Gasteiger partial charge in [-0.3, -0.25) is 0 Å². The van der Waals surface area contributed by atoms with Crippen molar-refractivity contribution in [3.8, 4) is 0 Å². The molecule has 19 heavy (non-hydrogen) atoms. The first kappa shape index (κ1) is 14.1. The second-order valence-corrected chi connectivity index (χ2v) is 5.50. The Morgan fingerprint density at radius 1 is 1.63 bits per heavy atom. The number of aromatic nitrogens is 1. The summed E-state index contributed by atoms with van der Waals surface area (Å²) in [6, 6.07) is 0.249. The van der Waals surface area contributed by atoms with Crippen molar-refractivity contribution in [2.24, 2.45) is 0 Å². The van der Waals surface area contributed by atoms with Crippen LogP contribution in [0.2, 0.25) is 0 Å². The Labute approximate surface area is 116 Å². The van der Waals surface area contributed by atoms with Crippen LogP contribution in [-0.2, 0) is 11.2 Å². The van der Waals surface area contributed by atoms with Crippen LogP contribution in [-0.4, -0.2) is 48.8 Å². The molecule has 0 spiro atoms. The van der Waals surface area contributed by atoms with E-state index in [2.05, 4.69) is 10.3 Å². The number of carbonyl (C=O) groups is 1. The molecule has 0 saturated carbocycles. The Hall–Kier alpha value is -1.34. The molecule has 2 heterocycles. The molecule has 2 amide bonds. The van der Waals surface area contributed by atoms with Gasteiger partial charge in [0.1, 0.15) is 0 Å². The van der Waals surface area contributed by atoms with E-state index in [1.165, 1.54) is 11.3 Å². The van der Waals surface area contributed by atoms with Crippen LogP contribution in [0.5, 0.6) is 0 Å². The van der Waals surface area contributed by atoms with Crippen LogP contribution >= 0.6 is 11.3 Å². The number of amides is 2. The van der Waals surface area contributed by atoms with Crippen molar-refractivity contribution in [1.29, 1.82) is 0 Å². The molecule has 0 aromatic carbocycles. The number of rotatable bonds is 4. The van der Waals surface area contributed by atoms with E-state index in [4.69, 9.17) is 10.5 Å². The van der Waals surface area contributed by atoms with Crippen molar-refractivity contribution >= 4 is 22.5 Å². The monoisotopic (exact) mass is 284 g/mol. The number of carbonyl (C=O) groups excluding carboxylic acids is 1. The minimum absolute atomic E-state index is 0.0323. The standard InChI is InChI=1S/C12H20N4O2S/c1-16(10-3-6-18-7-4-10)12(17)14-5-2-9-8-19-11(13)15-9/h8,10H,2-7H2,1H3,(H2,13,15)(H,14,17). The molecule has 6 nitrogen and oxygen atoms in total. The van der Waals surface area contributed by atoms with Gasteiger partial charge in [0.15, 0.2) is 5.13 Å². The molecule has 0 bridgehead atoms. The third-order valence-electron chi connectivity index (χ3n) is 3.29. The average Bonchev–Trinajstić information content (AvgIpc) is 2.84. The topological polar surface area (TPSA) is 80.5 Å². The summed E-state index contributed by atoms with van der Waals surface area (Å²) in [5, 5.41) is 5.40. The van der Waals surface area contributed by atoms with Crippen LogP contribution in [0.3, 0.4) is 0 Å². The van der Waals surface area contributed by atoms with Gasteiger partial charge in [0.2, 0.25) is 0 Å². The first-order valence-electron chi connectivity index (χ1n) is 6.45. The lowest BCUT2D eigenvalue weighted by Gasteiger charge is -2.31. The molecule has 1 fully saturated rings. The SMILES string of the molecule is CN(C(=O)NCCc1csc(N)n1)C1CCOCC1. The van der Waals surface area contributed by atoms with Gasteiger partial charge in [0.25, 0.3) is 0 Å². The van der Waals surface area contributed by atoms with E-state index in [9.17, 15) is 4.79 Å². The molecule has 0 radical (unpaired) electrons. The molecule has 7 heteroatoms. The quantitative estimate of drug-likeness (QED) is 0.867. The molecule has 1 aromatic heterocycles. The summed E-state index contributed by atoms with van der Waals surface area (Å²) < 4.78 is 5.29. The molecule has 3 N–H and O–H groups in total. The molecule has 0 atom stereocenters. The van der Waals surface area contributed by atoms with Gasteiger partial charge in [0, 0.05) is 44.6 Å². The van der Waals surface area contributed by atoms with E-state index in [1.54, 1.807) is 4.90 Å². The summed E-state index contributed by atoms with van der Waals surface area (Å²) in [6.07, 6.45) is 2.53. The zero-order valence-electron chi connectivity index (χ0n) is 11.1. The number of nitrogens with zero attached hydrogens (tertiary/aromatic N) is 2. The fraction of sp³-hybridized carbons (Fsp3) is 0.667. The van der Waals surface area contributed by atoms with E-state index >= 15 is 0 Å². The first-order valence-corrected chi connectivity index (χ1v) is 7.33. The summed E-state index contributed by atoms with van der Waals surface area (Å²) in [7, 11) is 1.84. The minimum atomic E-state index is -0.0323. The number of nitrogens with one attached hydrogen (secondary N) is 1. The van der Waals surface area contributed by atoms with Gasteiger partial charge < -0.3 is 20.7 Å². The van der Waals surface area contributed by atoms with Crippen LogP contribution in [0.4, 0.5) is 9.93 Å². The van der Waals surface area contributed by atoms with E-state index in [-0.39, 0.29) is 12.1 Å². The second kappa shape index (κ2) is 6.72. The Bertz CT molecular complexity index is 418. The highest BCUT2D eigenvalue weighted by Gasteiger charge is 2.21. The summed E-state index contributed by atoms with van der Waals surface area (Å²) >= 11 is 1.42. The maximum absolute atomic E-state index is 12.0. The van der Waals surface area contributed by atoms with E-state index < -0.39 is 0 Å². The summed E-state index contributed by atoms with van der Waals surface area (Å²) in [4.78, 5) is 17.9. The summed E-state index contributed by atoms with van der Waals surface area (Å²) in [6.45, 7) is 2.05. The second-order valence-electron chi connectivity index (χ2n) is 4.61. The lowest BCUT2D eigenvalue weighted by Crippen LogP contribution is -2.46. The lowest BCUT2D eigenvalue weighted by molar-refractivity contribution is 0.0526. The summed E-state index contributed by atoms with van der Waals surface area (Å²) in [5.41, 5.74) is 6.48. The average molecular weight is 284 g/mol. The van der Waals surface area contributed by atoms with Gasteiger partial charge >= 0.3 is 6.03 Å². The smallest absolute Gasteiger partial charge is 0.317 e. The zero-order chi connectivity index (χ0) is 13.7. The molecule has 1 saturated heterocycles. The zero-order valence-corrected chi connectivity index (χ0v) is 11.9. The minimum Gasteiger partial charge on any atom is -0.381 e. The highest BCUT2D eigenvalue weighted by atomic mass is 32.1. The van der Waals surface area contributed by atoms with Gasteiger partial charge in [-0.15, -0.1) is 11.3 Å². The number of hydrogen-bond donors (Lipinski definition) is 2. The Morgan fingerprint density at radius 3 is 3.00 bits per heavy atom. The molecule has 106 valence electrons. The van der Waals surface area contributed by atoms with Gasteiger partial charge in [-0.05, 0) is 12.8 Å². The number of anilines is 1.